The summed E-state index contributed by atoms with van der Waals surface area (Å²) in [6.45, 7) is 2.63. The largest absolute Gasteiger partial charge is 0.444 e. The van der Waals surface area contributed by atoms with E-state index in [1.54, 1.807) is 12.3 Å². The maximum absolute atomic E-state index is 13.2. The first-order valence-electron chi connectivity index (χ1n) is 6.17. The summed E-state index contributed by atoms with van der Waals surface area (Å²) in [5.74, 6) is 0.214. The van der Waals surface area contributed by atoms with Crippen molar-refractivity contribution in [3.05, 3.63) is 41.5 Å². The minimum atomic E-state index is -0.272. The van der Waals surface area contributed by atoms with Crippen molar-refractivity contribution in [2.24, 2.45) is 0 Å². The second-order valence-corrected chi connectivity index (χ2v) is 4.76. The van der Waals surface area contributed by atoms with Crippen LogP contribution in [0.5, 0.6) is 0 Å². The van der Waals surface area contributed by atoms with Crippen LogP contribution in [-0.4, -0.2) is 11.0 Å². The summed E-state index contributed by atoms with van der Waals surface area (Å²) in [4.78, 5) is 4.39. The zero-order valence-electron chi connectivity index (χ0n) is 10.2. The third-order valence-corrected chi connectivity index (χ3v) is 3.13. The molecule has 0 atom stereocenters. The molecular weight excluding hydrogens is 231 g/mol. The van der Waals surface area contributed by atoms with Gasteiger partial charge in [0.1, 0.15) is 12.1 Å². The van der Waals surface area contributed by atoms with Crippen LogP contribution in [0.3, 0.4) is 0 Å². The van der Waals surface area contributed by atoms with Crippen LogP contribution in [0.4, 0.5) is 4.39 Å². The summed E-state index contributed by atoms with van der Waals surface area (Å²) in [6, 6.07) is 5.27. The fourth-order valence-electron chi connectivity index (χ4n) is 1.87. The van der Waals surface area contributed by atoms with Crippen molar-refractivity contribution in [3.8, 4) is 11.5 Å². The van der Waals surface area contributed by atoms with Gasteiger partial charge in [-0.05, 0) is 37.5 Å². The summed E-state index contributed by atoms with van der Waals surface area (Å²) >= 11 is 0. The standard InChI is InChI=1S/C14H15FN2O/c1-9-2-3-10(15)6-13(9)14-17-12(8-18-14)7-16-11-4-5-11/h2-3,6,8,11,16H,4-5,7H2,1H3. The second-order valence-electron chi connectivity index (χ2n) is 4.76. The molecule has 2 aromatic rings. The van der Waals surface area contributed by atoms with Crippen LogP contribution in [0.1, 0.15) is 24.1 Å². The van der Waals surface area contributed by atoms with Crippen LogP contribution >= 0.6 is 0 Å². The van der Waals surface area contributed by atoms with Crippen LogP contribution in [0.25, 0.3) is 11.5 Å². The average Bonchev–Trinajstić information content (AvgIpc) is 3.08. The number of halogens is 1. The molecule has 0 bridgehead atoms. The van der Waals surface area contributed by atoms with Gasteiger partial charge in [0.15, 0.2) is 0 Å². The number of rotatable bonds is 4. The lowest BCUT2D eigenvalue weighted by Crippen LogP contribution is -2.15. The van der Waals surface area contributed by atoms with Crippen LogP contribution in [0, 0.1) is 12.7 Å². The van der Waals surface area contributed by atoms with Gasteiger partial charge in [-0.25, -0.2) is 9.37 Å². The van der Waals surface area contributed by atoms with Gasteiger partial charge in [0, 0.05) is 18.2 Å². The number of nitrogens with one attached hydrogen (secondary N) is 1. The number of aryl methyl sites for hydroxylation is 1. The molecule has 0 saturated heterocycles. The first kappa shape index (κ1) is 11.4. The van der Waals surface area contributed by atoms with Gasteiger partial charge in [0.2, 0.25) is 5.89 Å². The summed E-state index contributed by atoms with van der Waals surface area (Å²) in [5, 5.41) is 3.37. The lowest BCUT2D eigenvalue weighted by atomic mass is 10.1. The highest BCUT2D eigenvalue weighted by atomic mass is 19.1. The Hall–Kier alpha value is -1.68. The van der Waals surface area contributed by atoms with E-state index in [1.807, 2.05) is 6.92 Å². The molecule has 18 heavy (non-hydrogen) atoms. The smallest absolute Gasteiger partial charge is 0.226 e. The van der Waals surface area contributed by atoms with Gasteiger partial charge in [0.25, 0.3) is 0 Å². The zero-order valence-corrected chi connectivity index (χ0v) is 10.2. The van der Waals surface area contributed by atoms with Crippen LogP contribution < -0.4 is 5.32 Å². The Morgan fingerprint density at radius 1 is 1.44 bits per heavy atom. The summed E-state index contributed by atoms with van der Waals surface area (Å²) in [5.41, 5.74) is 2.54. The van der Waals surface area contributed by atoms with E-state index in [1.165, 1.54) is 25.0 Å². The van der Waals surface area contributed by atoms with Crippen LogP contribution in [-0.2, 0) is 6.54 Å². The third kappa shape index (κ3) is 2.43. The van der Waals surface area contributed by atoms with Gasteiger partial charge in [0.05, 0.1) is 5.69 Å². The molecular formula is C14H15FN2O. The molecule has 0 aliphatic heterocycles. The molecule has 3 rings (SSSR count). The lowest BCUT2D eigenvalue weighted by molar-refractivity contribution is 0.567. The van der Waals surface area contributed by atoms with Gasteiger partial charge in [-0.2, -0.15) is 0 Å². The van der Waals surface area contributed by atoms with E-state index in [9.17, 15) is 4.39 Å². The summed E-state index contributed by atoms with van der Waals surface area (Å²) < 4.78 is 18.6. The number of oxazole rings is 1. The van der Waals surface area contributed by atoms with E-state index >= 15 is 0 Å². The predicted octanol–water partition coefficient (Wildman–Crippen LogP) is 3.04. The van der Waals surface area contributed by atoms with E-state index in [4.69, 9.17) is 4.42 Å². The fourth-order valence-corrected chi connectivity index (χ4v) is 1.87. The first-order valence-corrected chi connectivity index (χ1v) is 6.17. The molecule has 4 heteroatoms. The van der Waals surface area contributed by atoms with Crippen molar-refractivity contribution in [2.45, 2.75) is 32.4 Å². The van der Waals surface area contributed by atoms with E-state index in [0.717, 1.165) is 11.3 Å². The predicted molar refractivity (Wildman–Crippen MR) is 66.5 cm³/mol. The number of aromatic nitrogens is 1. The van der Waals surface area contributed by atoms with E-state index in [2.05, 4.69) is 10.3 Å². The lowest BCUT2D eigenvalue weighted by Gasteiger charge is -2.00. The molecule has 1 aromatic heterocycles. The Morgan fingerprint density at radius 2 is 2.28 bits per heavy atom. The monoisotopic (exact) mass is 246 g/mol. The maximum Gasteiger partial charge on any atom is 0.226 e. The molecule has 1 N–H and O–H groups in total. The van der Waals surface area contributed by atoms with E-state index in [-0.39, 0.29) is 5.82 Å². The molecule has 0 spiro atoms. The fraction of sp³-hybridized carbons (Fsp3) is 0.357. The number of hydrogen-bond donors (Lipinski definition) is 1. The minimum Gasteiger partial charge on any atom is -0.444 e. The van der Waals surface area contributed by atoms with Crippen molar-refractivity contribution in [1.29, 1.82) is 0 Å². The zero-order chi connectivity index (χ0) is 12.5. The Labute approximate surface area is 105 Å². The van der Waals surface area contributed by atoms with E-state index in [0.29, 0.717) is 24.0 Å². The van der Waals surface area contributed by atoms with Crippen molar-refractivity contribution in [1.82, 2.24) is 10.3 Å². The molecule has 1 aliphatic carbocycles. The van der Waals surface area contributed by atoms with Crippen molar-refractivity contribution >= 4 is 0 Å². The molecule has 1 aromatic carbocycles. The molecule has 1 aliphatic rings. The quantitative estimate of drug-likeness (QED) is 0.901. The first-order chi connectivity index (χ1) is 8.72. The third-order valence-electron chi connectivity index (χ3n) is 3.13. The maximum atomic E-state index is 13.2. The second kappa shape index (κ2) is 4.53. The molecule has 0 unspecified atom stereocenters. The molecule has 94 valence electrons. The highest BCUT2D eigenvalue weighted by Crippen LogP contribution is 2.24. The molecule has 1 saturated carbocycles. The molecule has 1 heterocycles. The van der Waals surface area contributed by atoms with Crippen molar-refractivity contribution in [2.75, 3.05) is 0 Å². The van der Waals surface area contributed by atoms with Gasteiger partial charge in [-0.15, -0.1) is 0 Å². The highest BCUT2D eigenvalue weighted by molar-refractivity contribution is 5.58. The number of benzene rings is 1. The minimum absolute atomic E-state index is 0.272. The molecule has 0 radical (unpaired) electrons. The Balaban J connectivity index is 1.80. The Morgan fingerprint density at radius 3 is 3.06 bits per heavy atom. The van der Waals surface area contributed by atoms with Crippen molar-refractivity contribution < 1.29 is 8.81 Å². The SMILES string of the molecule is Cc1ccc(F)cc1-c1nc(CNC2CC2)co1. The molecule has 0 amide bonds. The van der Waals surface area contributed by atoms with Gasteiger partial charge in [-0.1, -0.05) is 6.07 Å². The van der Waals surface area contributed by atoms with Gasteiger partial charge < -0.3 is 9.73 Å². The van der Waals surface area contributed by atoms with Crippen LogP contribution in [0.15, 0.2) is 28.9 Å². The number of nitrogens with zero attached hydrogens (tertiary/aromatic N) is 1. The Kier molecular flexibility index (Phi) is 2.88. The van der Waals surface area contributed by atoms with Crippen molar-refractivity contribution in [3.63, 3.8) is 0 Å². The number of hydrogen-bond acceptors (Lipinski definition) is 3. The van der Waals surface area contributed by atoms with Gasteiger partial charge in [-0.3, -0.25) is 0 Å². The van der Waals surface area contributed by atoms with E-state index < -0.39 is 0 Å². The Bertz CT molecular complexity index is 561. The molecule has 3 nitrogen and oxygen atoms in total. The van der Waals surface area contributed by atoms with Crippen LogP contribution in [0.2, 0.25) is 0 Å². The summed E-state index contributed by atoms with van der Waals surface area (Å²) in [6.07, 6.45) is 4.12. The summed E-state index contributed by atoms with van der Waals surface area (Å²) in [7, 11) is 0. The normalized spacial score (nSPS) is 15.0. The average molecular weight is 246 g/mol. The molecule has 1 fully saturated rings. The highest BCUT2D eigenvalue weighted by Gasteiger charge is 2.20. The van der Waals surface area contributed by atoms with Gasteiger partial charge >= 0.3 is 0 Å². The topological polar surface area (TPSA) is 38.1 Å².